The molecule has 0 saturated heterocycles. The van der Waals surface area contributed by atoms with Crippen molar-refractivity contribution in [2.75, 3.05) is 13.1 Å². The molecule has 0 saturated carbocycles. The first-order valence-corrected chi connectivity index (χ1v) is 6.52. The Morgan fingerprint density at radius 3 is 2.55 bits per heavy atom. The van der Waals surface area contributed by atoms with Crippen molar-refractivity contribution in [2.24, 2.45) is 18.7 Å². The highest BCUT2D eigenvalue weighted by atomic mass is 19.3. The molecular formula is C13H22F2N4O. The Hall–Kier alpha value is -1.50. The van der Waals surface area contributed by atoms with E-state index in [1.165, 1.54) is 0 Å². The Bertz CT molecular complexity index is 485. The summed E-state index contributed by atoms with van der Waals surface area (Å²) >= 11 is 0. The van der Waals surface area contributed by atoms with E-state index >= 15 is 0 Å². The maximum absolute atomic E-state index is 13.0. The number of halogens is 2. The first-order chi connectivity index (χ1) is 9.18. The third-order valence-electron chi connectivity index (χ3n) is 3.44. The number of hydrogen-bond donors (Lipinski definition) is 2. The number of rotatable bonds is 6. The molecule has 0 aliphatic rings. The van der Waals surface area contributed by atoms with Crippen LogP contribution in [0.4, 0.5) is 8.78 Å². The lowest BCUT2D eigenvalue weighted by Gasteiger charge is -2.17. The molecule has 0 radical (unpaired) electrons. The van der Waals surface area contributed by atoms with E-state index in [2.05, 4.69) is 10.4 Å². The SMILES string of the molecule is Cc1nn(C)c(C)c1CC(C)C(=O)NCC(F)(F)CN. The van der Waals surface area contributed by atoms with Crippen LogP contribution in [0.5, 0.6) is 0 Å². The Balaban J connectivity index is 2.62. The fraction of sp³-hybridized carbons (Fsp3) is 0.692. The molecule has 0 spiro atoms. The maximum atomic E-state index is 13.0. The normalized spacial score (nSPS) is 13.3. The lowest BCUT2D eigenvalue weighted by atomic mass is 9.99. The average Bonchev–Trinajstić information content (AvgIpc) is 2.62. The van der Waals surface area contributed by atoms with Gasteiger partial charge in [0, 0.05) is 18.7 Å². The minimum absolute atomic E-state index is 0.398. The first kappa shape index (κ1) is 16.6. The number of hydrogen-bond acceptors (Lipinski definition) is 3. The van der Waals surface area contributed by atoms with Gasteiger partial charge < -0.3 is 11.1 Å². The van der Waals surface area contributed by atoms with Crippen molar-refractivity contribution in [3.05, 3.63) is 17.0 Å². The molecule has 1 unspecified atom stereocenters. The van der Waals surface area contributed by atoms with E-state index in [9.17, 15) is 13.6 Å². The summed E-state index contributed by atoms with van der Waals surface area (Å²) in [5.74, 6) is -3.86. The van der Waals surface area contributed by atoms with Crippen molar-refractivity contribution >= 4 is 5.91 Å². The summed E-state index contributed by atoms with van der Waals surface area (Å²) in [5.41, 5.74) is 7.75. The summed E-state index contributed by atoms with van der Waals surface area (Å²) in [6.07, 6.45) is 0.478. The van der Waals surface area contributed by atoms with Crippen LogP contribution in [0.15, 0.2) is 0 Å². The quantitative estimate of drug-likeness (QED) is 0.817. The summed E-state index contributed by atoms with van der Waals surface area (Å²) < 4.78 is 27.7. The van der Waals surface area contributed by atoms with Crippen LogP contribution in [0.1, 0.15) is 23.9 Å². The number of carbonyl (C=O) groups excluding carboxylic acids is 1. The molecule has 0 aliphatic heterocycles. The third-order valence-corrected chi connectivity index (χ3v) is 3.44. The molecule has 1 rings (SSSR count). The largest absolute Gasteiger partial charge is 0.350 e. The van der Waals surface area contributed by atoms with Crippen molar-refractivity contribution in [3.8, 4) is 0 Å². The van der Waals surface area contributed by atoms with Gasteiger partial charge in [0.15, 0.2) is 0 Å². The van der Waals surface area contributed by atoms with E-state index in [0.29, 0.717) is 6.42 Å². The molecule has 0 aliphatic carbocycles. The van der Waals surface area contributed by atoms with Crippen LogP contribution in [-0.2, 0) is 18.3 Å². The van der Waals surface area contributed by atoms with Gasteiger partial charge in [0.25, 0.3) is 5.92 Å². The van der Waals surface area contributed by atoms with Crippen molar-refractivity contribution in [3.63, 3.8) is 0 Å². The smallest absolute Gasteiger partial charge is 0.277 e. The predicted octanol–water partition coefficient (Wildman–Crippen LogP) is 0.926. The third kappa shape index (κ3) is 4.00. The summed E-state index contributed by atoms with van der Waals surface area (Å²) in [5, 5.41) is 6.51. The number of aryl methyl sites for hydroxylation is 2. The van der Waals surface area contributed by atoms with Gasteiger partial charge in [-0.15, -0.1) is 0 Å². The van der Waals surface area contributed by atoms with E-state index in [4.69, 9.17) is 5.73 Å². The van der Waals surface area contributed by atoms with E-state index in [0.717, 1.165) is 17.0 Å². The number of nitrogens with zero attached hydrogens (tertiary/aromatic N) is 2. The molecule has 1 amide bonds. The summed E-state index contributed by atoms with van der Waals surface area (Å²) in [7, 11) is 1.83. The Morgan fingerprint density at radius 1 is 1.50 bits per heavy atom. The summed E-state index contributed by atoms with van der Waals surface area (Å²) in [6, 6.07) is 0. The number of alkyl halides is 2. The molecule has 1 heterocycles. The van der Waals surface area contributed by atoms with Gasteiger partial charge in [0.1, 0.15) is 0 Å². The highest BCUT2D eigenvalue weighted by Gasteiger charge is 2.28. The zero-order valence-electron chi connectivity index (χ0n) is 12.3. The lowest BCUT2D eigenvalue weighted by molar-refractivity contribution is -0.126. The van der Waals surface area contributed by atoms with Gasteiger partial charge in [-0.1, -0.05) is 6.92 Å². The number of amides is 1. The number of nitrogens with two attached hydrogens (primary N) is 1. The van der Waals surface area contributed by atoms with Crippen LogP contribution in [0.3, 0.4) is 0 Å². The Kier molecular flexibility index (Phi) is 5.21. The zero-order chi connectivity index (χ0) is 15.5. The topological polar surface area (TPSA) is 72.9 Å². The van der Waals surface area contributed by atoms with Gasteiger partial charge in [-0.3, -0.25) is 9.48 Å². The molecule has 0 bridgehead atoms. The molecule has 3 N–H and O–H groups in total. The number of carbonyl (C=O) groups is 1. The molecule has 5 nitrogen and oxygen atoms in total. The van der Waals surface area contributed by atoms with Crippen molar-refractivity contribution in [2.45, 2.75) is 33.1 Å². The first-order valence-electron chi connectivity index (χ1n) is 6.52. The molecule has 1 aromatic rings. The molecular weight excluding hydrogens is 266 g/mol. The van der Waals surface area contributed by atoms with Gasteiger partial charge in [0.05, 0.1) is 18.8 Å². The van der Waals surface area contributed by atoms with Crippen LogP contribution in [0.2, 0.25) is 0 Å². The second-order valence-electron chi connectivity index (χ2n) is 5.16. The monoisotopic (exact) mass is 288 g/mol. The average molecular weight is 288 g/mol. The van der Waals surface area contributed by atoms with Crippen LogP contribution in [0, 0.1) is 19.8 Å². The van der Waals surface area contributed by atoms with Gasteiger partial charge >= 0.3 is 0 Å². The number of nitrogens with one attached hydrogen (secondary N) is 1. The fourth-order valence-corrected chi connectivity index (χ4v) is 1.97. The standard InChI is InChI=1S/C13H22F2N4O/c1-8(12(20)17-7-13(14,15)6-16)5-11-9(2)18-19(4)10(11)3/h8H,5-7,16H2,1-4H3,(H,17,20). The predicted molar refractivity (Wildman–Crippen MR) is 72.6 cm³/mol. The zero-order valence-corrected chi connectivity index (χ0v) is 12.3. The number of aromatic nitrogens is 2. The molecule has 0 fully saturated rings. The van der Waals surface area contributed by atoms with Gasteiger partial charge in [0.2, 0.25) is 5.91 Å². The van der Waals surface area contributed by atoms with Crippen molar-refractivity contribution in [1.82, 2.24) is 15.1 Å². The second-order valence-corrected chi connectivity index (χ2v) is 5.16. The van der Waals surface area contributed by atoms with E-state index in [-0.39, 0.29) is 0 Å². The van der Waals surface area contributed by atoms with Gasteiger partial charge in [-0.2, -0.15) is 5.10 Å². The Morgan fingerprint density at radius 2 is 2.10 bits per heavy atom. The van der Waals surface area contributed by atoms with Gasteiger partial charge in [-0.05, 0) is 25.8 Å². The molecule has 20 heavy (non-hydrogen) atoms. The fourth-order valence-electron chi connectivity index (χ4n) is 1.97. The van der Waals surface area contributed by atoms with Crippen LogP contribution >= 0.6 is 0 Å². The molecule has 0 aromatic carbocycles. The van der Waals surface area contributed by atoms with Crippen molar-refractivity contribution in [1.29, 1.82) is 0 Å². The van der Waals surface area contributed by atoms with E-state index < -0.39 is 30.8 Å². The lowest BCUT2D eigenvalue weighted by Crippen LogP contribution is -2.43. The van der Waals surface area contributed by atoms with Crippen LogP contribution in [0.25, 0.3) is 0 Å². The maximum Gasteiger partial charge on any atom is 0.277 e. The molecule has 1 aromatic heterocycles. The summed E-state index contributed by atoms with van der Waals surface area (Å²) in [4.78, 5) is 11.8. The molecule has 7 heteroatoms. The van der Waals surface area contributed by atoms with Gasteiger partial charge in [-0.25, -0.2) is 8.78 Å². The molecule has 114 valence electrons. The molecule has 1 atom stereocenters. The summed E-state index contributed by atoms with van der Waals surface area (Å²) in [6.45, 7) is 4.00. The minimum atomic E-state index is -3.06. The second kappa shape index (κ2) is 6.30. The van der Waals surface area contributed by atoms with Crippen LogP contribution < -0.4 is 11.1 Å². The van der Waals surface area contributed by atoms with Crippen LogP contribution in [-0.4, -0.2) is 34.7 Å². The minimum Gasteiger partial charge on any atom is -0.350 e. The highest BCUT2D eigenvalue weighted by molar-refractivity contribution is 5.78. The van der Waals surface area contributed by atoms with E-state index in [1.807, 2.05) is 20.9 Å². The van der Waals surface area contributed by atoms with Crippen molar-refractivity contribution < 1.29 is 13.6 Å². The highest BCUT2D eigenvalue weighted by Crippen LogP contribution is 2.17. The van der Waals surface area contributed by atoms with E-state index in [1.54, 1.807) is 11.6 Å². The Labute approximate surface area is 117 Å².